The van der Waals surface area contributed by atoms with Crippen LogP contribution >= 0.6 is 0 Å². The molecule has 136 valence electrons. The summed E-state index contributed by atoms with van der Waals surface area (Å²) < 4.78 is 52.6. The number of nitrogens with zero attached hydrogens (tertiary/aromatic N) is 2. The topological polar surface area (TPSA) is 78.4 Å². The Morgan fingerprint density at radius 2 is 1.92 bits per heavy atom. The van der Waals surface area contributed by atoms with E-state index in [1.54, 1.807) is 12.1 Å². The molecule has 0 spiro atoms. The molecule has 0 radical (unpaired) electrons. The summed E-state index contributed by atoms with van der Waals surface area (Å²) >= 11 is 0. The van der Waals surface area contributed by atoms with Gasteiger partial charge in [-0.15, -0.1) is 0 Å². The first kappa shape index (κ1) is 17.7. The van der Waals surface area contributed by atoms with Crippen molar-refractivity contribution < 1.29 is 31.6 Å². The molecule has 1 aromatic carbocycles. The van der Waals surface area contributed by atoms with E-state index in [4.69, 9.17) is 13.7 Å². The smallest absolute Gasteiger partial charge is 0.416 e. The molecule has 0 aliphatic carbocycles. The number of hydrogen-bond donors (Lipinski definition) is 0. The Balaban J connectivity index is 1.46. The second-order valence-electron chi connectivity index (χ2n) is 5.34. The molecular weight excluding hydrogens is 353 g/mol. The number of hydrogen-bond acceptors (Lipinski definition) is 6. The zero-order chi connectivity index (χ0) is 18.6. The van der Waals surface area contributed by atoms with Gasteiger partial charge in [0, 0.05) is 6.42 Å². The van der Waals surface area contributed by atoms with Gasteiger partial charge in [-0.05, 0) is 29.8 Å². The number of benzene rings is 1. The summed E-state index contributed by atoms with van der Waals surface area (Å²) in [6.45, 7) is -0.113. The number of esters is 1. The number of aryl methyl sites for hydroxylation is 1. The Bertz CT molecular complexity index is 855. The molecule has 3 aromatic rings. The summed E-state index contributed by atoms with van der Waals surface area (Å²) in [5, 5.41) is 3.73. The van der Waals surface area contributed by atoms with Crippen molar-refractivity contribution in [2.45, 2.75) is 25.6 Å². The fraction of sp³-hybridized carbons (Fsp3) is 0.235. The Labute approximate surface area is 145 Å². The molecule has 0 atom stereocenters. The Morgan fingerprint density at radius 3 is 2.58 bits per heavy atom. The standard InChI is InChI=1S/C17H13F3N2O4/c18-17(19,20)12-5-3-11(4-6-12)10-25-15(23)8-7-14-21-16(22-26-14)13-2-1-9-24-13/h1-6,9H,7-8,10H2. The van der Waals surface area contributed by atoms with E-state index in [2.05, 4.69) is 10.1 Å². The summed E-state index contributed by atoms with van der Waals surface area (Å²) in [6, 6.07) is 7.78. The SMILES string of the molecule is O=C(CCc1nc(-c2ccco2)no1)OCc1ccc(C(F)(F)F)cc1. The third kappa shape index (κ3) is 4.50. The predicted molar refractivity (Wildman–Crippen MR) is 81.6 cm³/mol. The first-order chi connectivity index (χ1) is 12.4. The molecule has 6 nitrogen and oxygen atoms in total. The Hall–Kier alpha value is -3.10. The van der Waals surface area contributed by atoms with Crippen LogP contribution in [0.2, 0.25) is 0 Å². The normalized spacial score (nSPS) is 11.5. The first-order valence-corrected chi connectivity index (χ1v) is 7.60. The largest absolute Gasteiger partial charge is 0.461 e. The maximum atomic E-state index is 12.5. The first-order valence-electron chi connectivity index (χ1n) is 7.60. The zero-order valence-corrected chi connectivity index (χ0v) is 13.3. The van der Waals surface area contributed by atoms with Crippen molar-refractivity contribution in [2.75, 3.05) is 0 Å². The van der Waals surface area contributed by atoms with Crippen LogP contribution in [-0.2, 0) is 28.7 Å². The molecule has 3 rings (SSSR count). The molecule has 0 saturated carbocycles. The second kappa shape index (κ2) is 7.42. The molecule has 0 fully saturated rings. The highest BCUT2D eigenvalue weighted by Crippen LogP contribution is 2.29. The van der Waals surface area contributed by atoms with Gasteiger partial charge in [0.1, 0.15) is 6.61 Å². The van der Waals surface area contributed by atoms with E-state index in [1.807, 2.05) is 0 Å². The molecule has 2 heterocycles. The van der Waals surface area contributed by atoms with Gasteiger partial charge in [-0.3, -0.25) is 4.79 Å². The number of alkyl halides is 3. The van der Waals surface area contributed by atoms with E-state index in [1.165, 1.54) is 18.4 Å². The van der Waals surface area contributed by atoms with Crippen LogP contribution in [0.15, 0.2) is 51.6 Å². The van der Waals surface area contributed by atoms with Crippen molar-refractivity contribution in [2.24, 2.45) is 0 Å². The Morgan fingerprint density at radius 1 is 1.15 bits per heavy atom. The number of ether oxygens (including phenoxy) is 1. The van der Waals surface area contributed by atoms with Crippen LogP contribution in [-0.4, -0.2) is 16.1 Å². The summed E-state index contributed by atoms with van der Waals surface area (Å²) in [5.41, 5.74) is -0.291. The minimum Gasteiger partial charge on any atom is -0.461 e. The van der Waals surface area contributed by atoms with Crippen molar-refractivity contribution in [1.82, 2.24) is 10.1 Å². The number of furan rings is 1. The van der Waals surface area contributed by atoms with Gasteiger partial charge in [-0.1, -0.05) is 17.3 Å². The number of halogens is 3. The highest BCUT2D eigenvalue weighted by Gasteiger charge is 2.29. The summed E-state index contributed by atoms with van der Waals surface area (Å²) in [4.78, 5) is 15.8. The van der Waals surface area contributed by atoms with Gasteiger partial charge < -0.3 is 13.7 Å². The highest BCUT2D eigenvalue weighted by atomic mass is 19.4. The van der Waals surface area contributed by atoms with E-state index < -0.39 is 17.7 Å². The van der Waals surface area contributed by atoms with Gasteiger partial charge in [-0.25, -0.2) is 0 Å². The van der Waals surface area contributed by atoms with Gasteiger partial charge in [0.2, 0.25) is 11.7 Å². The summed E-state index contributed by atoms with van der Waals surface area (Å²) in [5.74, 6) is 0.457. The van der Waals surface area contributed by atoms with Crippen LogP contribution in [0.3, 0.4) is 0 Å². The number of carbonyl (C=O) groups is 1. The molecule has 26 heavy (non-hydrogen) atoms. The van der Waals surface area contributed by atoms with E-state index >= 15 is 0 Å². The molecule has 9 heteroatoms. The van der Waals surface area contributed by atoms with Crippen LogP contribution in [0.1, 0.15) is 23.4 Å². The maximum Gasteiger partial charge on any atom is 0.416 e. The second-order valence-corrected chi connectivity index (χ2v) is 5.34. The monoisotopic (exact) mass is 366 g/mol. The van der Waals surface area contributed by atoms with Crippen LogP contribution in [0.5, 0.6) is 0 Å². The molecular formula is C17H13F3N2O4. The third-order valence-electron chi connectivity index (χ3n) is 3.43. The van der Waals surface area contributed by atoms with Gasteiger partial charge in [0.25, 0.3) is 0 Å². The highest BCUT2D eigenvalue weighted by molar-refractivity contribution is 5.69. The summed E-state index contributed by atoms with van der Waals surface area (Å²) in [7, 11) is 0. The van der Waals surface area contributed by atoms with Crippen LogP contribution in [0.4, 0.5) is 13.2 Å². The average Bonchev–Trinajstić information content (AvgIpc) is 3.29. The number of aromatic nitrogens is 2. The average molecular weight is 366 g/mol. The minimum absolute atomic E-state index is 0.000419. The lowest BCUT2D eigenvalue weighted by Crippen LogP contribution is -2.07. The molecule has 0 N–H and O–H groups in total. The van der Waals surface area contributed by atoms with Gasteiger partial charge in [-0.2, -0.15) is 18.2 Å². The minimum atomic E-state index is -4.40. The van der Waals surface area contributed by atoms with Crippen LogP contribution in [0, 0.1) is 0 Å². The lowest BCUT2D eigenvalue weighted by molar-refractivity contribution is -0.145. The van der Waals surface area contributed by atoms with Crippen LogP contribution < -0.4 is 0 Å². The zero-order valence-electron chi connectivity index (χ0n) is 13.3. The van der Waals surface area contributed by atoms with Gasteiger partial charge in [0.15, 0.2) is 5.76 Å². The molecule has 0 saturated heterocycles. The maximum absolute atomic E-state index is 12.5. The quantitative estimate of drug-likeness (QED) is 0.613. The lowest BCUT2D eigenvalue weighted by Gasteiger charge is -2.08. The lowest BCUT2D eigenvalue weighted by atomic mass is 10.1. The molecule has 0 aliphatic heterocycles. The number of carbonyl (C=O) groups excluding carboxylic acids is 1. The van der Waals surface area contributed by atoms with Gasteiger partial charge >= 0.3 is 12.1 Å². The van der Waals surface area contributed by atoms with E-state index in [9.17, 15) is 18.0 Å². The van der Waals surface area contributed by atoms with Crippen molar-refractivity contribution in [3.63, 3.8) is 0 Å². The van der Waals surface area contributed by atoms with Crippen molar-refractivity contribution in [1.29, 1.82) is 0 Å². The van der Waals surface area contributed by atoms with Crippen LogP contribution in [0.25, 0.3) is 11.6 Å². The fourth-order valence-corrected chi connectivity index (χ4v) is 2.10. The van der Waals surface area contributed by atoms with E-state index in [-0.39, 0.29) is 31.2 Å². The molecule has 0 unspecified atom stereocenters. The number of rotatable bonds is 6. The predicted octanol–water partition coefficient (Wildman–Crippen LogP) is 4.02. The molecule has 0 amide bonds. The molecule has 2 aromatic heterocycles. The van der Waals surface area contributed by atoms with E-state index in [0.29, 0.717) is 11.3 Å². The van der Waals surface area contributed by atoms with Crippen molar-refractivity contribution in [3.05, 3.63) is 59.7 Å². The van der Waals surface area contributed by atoms with E-state index in [0.717, 1.165) is 12.1 Å². The van der Waals surface area contributed by atoms with Crippen molar-refractivity contribution in [3.8, 4) is 11.6 Å². The van der Waals surface area contributed by atoms with Crippen molar-refractivity contribution >= 4 is 5.97 Å². The summed E-state index contributed by atoms with van der Waals surface area (Å²) in [6.07, 6.45) is -2.74. The molecule has 0 aliphatic rings. The third-order valence-corrected chi connectivity index (χ3v) is 3.43. The fourth-order valence-electron chi connectivity index (χ4n) is 2.10. The Kier molecular flexibility index (Phi) is 5.06. The molecule has 0 bridgehead atoms. The van der Waals surface area contributed by atoms with Gasteiger partial charge in [0.05, 0.1) is 18.2 Å².